The van der Waals surface area contributed by atoms with Crippen LogP contribution in [0.15, 0.2) is 70.4 Å². The van der Waals surface area contributed by atoms with Crippen LogP contribution in [0.1, 0.15) is 28.1 Å². The minimum absolute atomic E-state index is 0.0572. The average Bonchev–Trinajstić information content (AvgIpc) is 3.47. The van der Waals surface area contributed by atoms with Crippen molar-refractivity contribution in [3.63, 3.8) is 0 Å². The van der Waals surface area contributed by atoms with E-state index in [1.54, 1.807) is 12.1 Å². The smallest absolute Gasteiger partial charge is 0.289 e. The number of amides is 1. The molecule has 8 heteroatoms. The van der Waals surface area contributed by atoms with E-state index in [9.17, 15) is 13.6 Å². The van der Waals surface area contributed by atoms with Gasteiger partial charge in [0.05, 0.1) is 18.5 Å². The number of furan rings is 1. The zero-order valence-electron chi connectivity index (χ0n) is 17.8. The van der Waals surface area contributed by atoms with E-state index in [0.717, 1.165) is 23.0 Å². The number of carbonyl (C=O) groups excluding carboxylic acids is 1. The molecular formula is C24H23F2N3O3. The summed E-state index contributed by atoms with van der Waals surface area (Å²) in [6.07, 6.45) is 1.49. The molecule has 0 saturated carbocycles. The normalized spacial score (nSPS) is 15.2. The highest BCUT2D eigenvalue weighted by atomic mass is 19.1. The number of anilines is 1. The average molecular weight is 439 g/mol. The van der Waals surface area contributed by atoms with Crippen molar-refractivity contribution in [1.82, 2.24) is 4.90 Å². The Morgan fingerprint density at radius 3 is 2.56 bits per heavy atom. The van der Waals surface area contributed by atoms with Crippen molar-refractivity contribution in [2.24, 2.45) is 5.16 Å². The SMILES string of the molecule is CN(C)c1ccc(C2=NOC(CN(Cc3ccc(F)cc3F)C(=O)c3ccco3)C2)cc1. The molecule has 4 rings (SSSR count). The van der Waals surface area contributed by atoms with Crippen molar-refractivity contribution in [2.75, 3.05) is 25.5 Å². The number of rotatable bonds is 7. The van der Waals surface area contributed by atoms with E-state index in [1.807, 2.05) is 43.3 Å². The van der Waals surface area contributed by atoms with E-state index in [1.165, 1.54) is 23.3 Å². The van der Waals surface area contributed by atoms with Crippen molar-refractivity contribution < 1.29 is 22.8 Å². The Morgan fingerprint density at radius 1 is 1.12 bits per heavy atom. The predicted molar refractivity (Wildman–Crippen MR) is 117 cm³/mol. The Bertz CT molecular complexity index is 1110. The monoisotopic (exact) mass is 439 g/mol. The Hall–Kier alpha value is -3.68. The Labute approximate surface area is 184 Å². The van der Waals surface area contributed by atoms with Gasteiger partial charge in [-0.25, -0.2) is 8.78 Å². The maximum Gasteiger partial charge on any atom is 0.289 e. The predicted octanol–water partition coefficient (Wildman–Crippen LogP) is 4.46. The summed E-state index contributed by atoms with van der Waals surface area (Å²) in [7, 11) is 3.94. The summed E-state index contributed by atoms with van der Waals surface area (Å²) in [4.78, 5) is 22.0. The van der Waals surface area contributed by atoms with E-state index in [2.05, 4.69) is 5.16 Å². The second kappa shape index (κ2) is 9.21. The molecule has 0 N–H and O–H groups in total. The lowest BCUT2D eigenvalue weighted by Crippen LogP contribution is -2.37. The van der Waals surface area contributed by atoms with Gasteiger partial charge in [0.1, 0.15) is 11.6 Å². The van der Waals surface area contributed by atoms with Gasteiger partial charge in [-0.2, -0.15) is 0 Å². The lowest BCUT2D eigenvalue weighted by Gasteiger charge is -2.24. The second-order valence-corrected chi connectivity index (χ2v) is 7.81. The molecule has 0 bridgehead atoms. The van der Waals surface area contributed by atoms with Gasteiger partial charge in [0.15, 0.2) is 11.9 Å². The van der Waals surface area contributed by atoms with Crippen molar-refractivity contribution in [3.8, 4) is 0 Å². The second-order valence-electron chi connectivity index (χ2n) is 7.81. The summed E-state index contributed by atoms with van der Waals surface area (Å²) in [5.74, 6) is -1.67. The molecule has 2 heterocycles. The van der Waals surface area contributed by atoms with Crippen LogP contribution in [0, 0.1) is 11.6 Å². The van der Waals surface area contributed by atoms with Gasteiger partial charge in [-0.15, -0.1) is 0 Å². The number of hydrogen-bond acceptors (Lipinski definition) is 5. The molecule has 6 nitrogen and oxygen atoms in total. The maximum absolute atomic E-state index is 14.2. The van der Waals surface area contributed by atoms with Gasteiger partial charge in [-0.05, 0) is 35.9 Å². The van der Waals surface area contributed by atoms with Crippen molar-refractivity contribution in [1.29, 1.82) is 0 Å². The first-order valence-electron chi connectivity index (χ1n) is 10.2. The molecule has 1 aromatic heterocycles. The van der Waals surface area contributed by atoms with Crippen LogP contribution in [0.25, 0.3) is 0 Å². The molecule has 0 aliphatic carbocycles. The Kier molecular flexibility index (Phi) is 6.20. The summed E-state index contributed by atoms with van der Waals surface area (Å²) in [6.45, 7) is 0.109. The Morgan fingerprint density at radius 2 is 1.91 bits per heavy atom. The summed E-state index contributed by atoms with van der Waals surface area (Å²) in [6, 6.07) is 14.4. The first kappa shape index (κ1) is 21.5. The van der Waals surface area contributed by atoms with Gasteiger partial charge in [0.25, 0.3) is 5.91 Å². The van der Waals surface area contributed by atoms with Gasteiger partial charge >= 0.3 is 0 Å². The standard InChI is InChI=1S/C24H23F2N3O3/c1-28(2)19-9-6-16(7-10-19)22-13-20(32-27-22)15-29(24(30)23-4-3-11-31-23)14-17-5-8-18(25)12-21(17)26/h3-12,20H,13-15H2,1-2H3. The van der Waals surface area contributed by atoms with Crippen LogP contribution in [-0.2, 0) is 11.4 Å². The number of oxime groups is 1. The quantitative estimate of drug-likeness (QED) is 0.546. The summed E-state index contributed by atoms with van der Waals surface area (Å²) in [5.41, 5.74) is 2.98. The topological polar surface area (TPSA) is 58.3 Å². The molecular weight excluding hydrogens is 416 g/mol. The molecule has 1 aliphatic heterocycles. The van der Waals surface area contributed by atoms with Gasteiger partial charge < -0.3 is 19.1 Å². The van der Waals surface area contributed by atoms with Gasteiger partial charge in [0.2, 0.25) is 0 Å². The third-order valence-corrected chi connectivity index (χ3v) is 5.27. The lowest BCUT2D eigenvalue weighted by atomic mass is 10.0. The van der Waals surface area contributed by atoms with Crippen LogP contribution in [0.2, 0.25) is 0 Å². The van der Waals surface area contributed by atoms with E-state index >= 15 is 0 Å². The van der Waals surface area contributed by atoms with E-state index in [4.69, 9.17) is 9.25 Å². The molecule has 1 amide bonds. The number of carbonyl (C=O) groups is 1. The number of hydrogen-bond donors (Lipinski definition) is 0. The van der Waals surface area contributed by atoms with Crippen LogP contribution < -0.4 is 4.90 Å². The first-order chi connectivity index (χ1) is 15.4. The third kappa shape index (κ3) is 4.80. The van der Waals surface area contributed by atoms with E-state index < -0.39 is 23.6 Å². The van der Waals surface area contributed by atoms with Gasteiger partial charge in [0, 0.05) is 44.4 Å². The fraction of sp³-hybridized carbons (Fsp3) is 0.250. The molecule has 0 saturated heterocycles. The van der Waals surface area contributed by atoms with Crippen LogP contribution >= 0.6 is 0 Å². The zero-order valence-corrected chi connectivity index (χ0v) is 17.8. The summed E-state index contributed by atoms with van der Waals surface area (Å²) in [5, 5.41) is 4.19. The fourth-order valence-corrected chi connectivity index (χ4v) is 3.53. The summed E-state index contributed by atoms with van der Waals surface area (Å²) < 4.78 is 32.8. The third-order valence-electron chi connectivity index (χ3n) is 5.27. The van der Waals surface area contributed by atoms with Crippen molar-refractivity contribution in [3.05, 3.63) is 89.4 Å². The van der Waals surface area contributed by atoms with E-state index in [0.29, 0.717) is 6.42 Å². The van der Waals surface area contributed by atoms with Gasteiger partial charge in [-0.1, -0.05) is 23.4 Å². The molecule has 1 unspecified atom stereocenters. The Balaban J connectivity index is 1.48. The molecule has 166 valence electrons. The van der Waals surface area contributed by atoms with Crippen LogP contribution in [0.4, 0.5) is 14.5 Å². The summed E-state index contributed by atoms with van der Waals surface area (Å²) >= 11 is 0. The minimum Gasteiger partial charge on any atom is -0.459 e. The van der Waals surface area contributed by atoms with Crippen LogP contribution in [0.5, 0.6) is 0 Å². The molecule has 2 aromatic carbocycles. The highest BCUT2D eigenvalue weighted by Crippen LogP contribution is 2.22. The van der Waals surface area contributed by atoms with Crippen LogP contribution in [-0.4, -0.2) is 43.3 Å². The molecule has 0 radical (unpaired) electrons. The van der Waals surface area contributed by atoms with Crippen LogP contribution in [0.3, 0.4) is 0 Å². The number of nitrogens with zero attached hydrogens (tertiary/aromatic N) is 3. The molecule has 32 heavy (non-hydrogen) atoms. The van der Waals surface area contributed by atoms with E-state index in [-0.39, 0.29) is 24.4 Å². The molecule has 1 aliphatic rings. The van der Waals surface area contributed by atoms with Crippen molar-refractivity contribution >= 4 is 17.3 Å². The largest absolute Gasteiger partial charge is 0.459 e. The fourth-order valence-electron chi connectivity index (χ4n) is 3.53. The molecule has 1 atom stereocenters. The zero-order chi connectivity index (χ0) is 22.7. The highest BCUT2D eigenvalue weighted by Gasteiger charge is 2.29. The first-order valence-corrected chi connectivity index (χ1v) is 10.2. The number of benzene rings is 2. The molecule has 3 aromatic rings. The number of halogens is 2. The maximum atomic E-state index is 14.2. The minimum atomic E-state index is -0.715. The molecule has 0 spiro atoms. The van der Waals surface area contributed by atoms with Gasteiger partial charge in [-0.3, -0.25) is 4.79 Å². The van der Waals surface area contributed by atoms with Crippen molar-refractivity contribution in [2.45, 2.75) is 19.1 Å². The lowest BCUT2D eigenvalue weighted by molar-refractivity contribution is 0.0385. The molecule has 0 fully saturated rings. The highest BCUT2D eigenvalue weighted by molar-refractivity contribution is 6.01.